The Morgan fingerprint density at radius 1 is 1.17 bits per heavy atom. The zero-order valence-corrected chi connectivity index (χ0v) is 21.8. The lowest BCUT2D eigenvalue weighted by Gasteiger charge is -2.29. The van der Waals surface area contributed by atoms with Gasteiger partial charge in [-0.15, -0.1) is 0 Å². The number of nitrogens with zero attached hydrogens (tertiary/aromatic N) is 2. The van der Waals surface area contributed by atoms with Gasteiger partial charge in [0.25, 0.3) is 5.56 Å². The molecule has 0 spiro atoms. The van der Waals surface area contributed by atoms with Crippen LogP contribution in [0.4, 0.5) is 11.4 Å². The van der Waals surface area contributed by atoms with Crippen LogP contribution in [0.2, 0.25) is 0 Å². The van der Waals surface area contributed by atoms with Crippen molar-refractivity contribution in [1.82, 2.24) is 14.3 Å². The Morgan fingerprint density at radius 3 is 2.51 bits per heavy atom. The van der Waals surface area contributed by atoms with Gasteiger partial charge in [0.05, 0.1) is 17.2 Å². The molecule has 4 rings (SSSR count). The van der Waals surface area contributed by atoms with Gasteiger partial charge >= 0.3 is 7.52 Å². The smallest absolute Gasteiger partial charge is 0.326 e. The lowest BCUT2D eigenvalue weighted by molar-refractivity contribution is 0.331. The van der Waals surface area contributed by atoms with Gasteiger partial charge in [0.15, 0.2) is 0 Å². The number of hydrogen-bond donors (Lipinski definition) is 3. The predicted octanol–water partition coefficient (Wildman–Crippen LogP) is 1.23. The Labute approximate surface area is 202 Å². The van der Waals surface area contributed by atoms with Crippen molar-refractivity contribution in [1.29, 1.82) is 0 Å². The maximum Gasteiger partial charge on any atom is 0.326 e. The fourth-order valence-corrected chi connectivity index (χ4v) is 6.06. The fourth-order valence-electron chi connectivity index (χ4n) is 3.88. The molecule has 0 amide bonds. The summed E-state index contributed by atoms with van der Waals surface area (Å²) in [6, 6.07) is 7.67. The Morgan fingerprint density at radius 2 is 1.89 bits per heavy atom. The van der Waals surface area contributed by atoms with E-state index >= 15 is 0 Å². The predicted molar refractivity (Wildman–Crippen MR) is 137 cm³/mol. The van der Waals surface area contributed by atoms with Crippen molar-refractivity contribution < 1.29 is 17.5 Å². The van der Waals surface area contributed by atoms with Crippen molar-refractivity contribution in [3.05, 3.63) is 62.3 Å². The van der Waals surface area contributed by atoms with E-state index in [9.17, 15) is 22.6 Å². The molecule has 1 aromatic carbocycles. The van der Waals surface area contributed by atoms with Crippen molar-refractivity contribution in [2.24, 2.45) is 5.41 Å². The van der Waals surface area contributed by atoms with E-state index in [0.29, 0.717) is 24.2 Å². The van der Waals surface area contributed by atoms with Crippen LogP contribution in [0.15, 0.2) is 46.1 Å². The second-order valence-corrected chi connectivity index (χ2v) is 13.6. The molecule has 3 aromatic rings. The number of aromatic nitrogens is 2. The molecule has 3 N–H and O–H groups in total. The summed E-state index contributed by atoms with van der Waals surface area (Å²) in [5.41, 5.74) is -0.303. The van der Waals surface area contributed by atoms with Crippen molar-refractivity contribution >= 4 is 45.6 Å². The molecule has 1 aliphatic heterocycles. The van der Waals surface area contributed by atoms with E-state index < -0.39 is 28.5 Å². The van der Waals surface area contributed by atoms with E-state index in [4.69, 9.17) is 4.52 Å². The van der Waals surface area contributed by atoms with Gasteiger partial charge < -0.3 is 9.84 Å². The van der Waals surface area contributed by atoms with Gasteiger partial charge in [-0.1, -0.05) is 20.8 Å². The van der Waals surface area contributed by atoms with Crippen molar-refractivity contribution in [3.63, 3.8) is 0 Å². The number of benzene rings is 1. The number of anilines is 2. The van der Waals surface area contributed by atoms with Gasteiger partial charge in [-0.25, -0.2) is 13.1 Å². The lowest BCUT2D eigenvalue weighted by Crippen LogP contribution is -2.52. The largest absolute Gasteiger partial charge is 0.340 e. The Kier molecular flexibility index (Phi) is 6.11. The molecule has 0 aliphatic carbocycles. The summed E-state index contributed by atoms with van der Waals surface area (Å²) >= 11 is 0. The Balaban J connectivity index is 1.95. The molecule has 1 aliphatic rings. The van der Waals surface area contributed by atoms with E-state index in [2.05, 4.69) is 35.9 Å². The maximum atomic E-state index is 13.7. The van der Waals surface area contributed by atoms with E-state index in [-0.39, 0.29) is 27.4 Å². The lowest BCUT2D eigenvalue weighted by atomic mass is 9.92. The molecule has 0 saturated carbocycles. The van der Waals surface area contributed by atoms with E-state index in [1.165, 1.54) is 34.5 Å². The normalized spacial score (nSPS) is 19.7. The first-order valence-electron chi connectivity index (χ1n) is 10.8. The highest BCUT2D eigenvalue weighted by atomic mass is 32.2. The summed E-state index contributed by atoms with van der Waals surface area (Å²) in [6.45, 7) is 6.55. The molecule has 1 unspecified atom stereocenters. The first-order chi connectivity index (χ1) is 16.2. The third kappa shape index (κ3) is 4.86. The molecule has 35 heavy (non-hydrogen) atoms. The van der Waals surface area contributed by atoms with Crippen molar-refractivity contribution in [3.8, 4) is 0 Å². The molecule has 0 radical (unpaired) electrons. The summed E-state index contributed by atoms with van der Waals surface area (Å²) < 4.78 is 47.6. The number of sulfonamides is 1. The van der Waals surface area contributed by atoms with Crippen LogP contribution in [0.25, 0.3) is 11.3 Å². The first kappa shape index (κ1) is 25.0. The fraction of sp³-hybridized carbons (Fsp3) is 0.364. The Bertz CT molecular complexity index is 1650. The summed E-state index contributed by atoms with van der Waals surface area (Å²) in [4.78, 5) is 26.9. The van der Waals surface area contributed by atoms with Crippen molar-refractivity contribution in [2.75, 3.05) is 23.4 Å². The summed E-state index contributed by atoms with van der Waals surface area (Å²) in [5.74, 6) is -0.0327. The van der Waals surface area contributed by atoms with E-state index in [1.54, 1.807) is 18.3 Å². The molecular formula is C22H28N5O6PS. The molecule has 2 aromatic heterocycles. The maximum absolute atomic E-state index is 13.7. The van der Waals surface area contributed by atoms with Crippen LogP contribution < -0.4 is 36.6 Å². The molecule has 0 saturated heterocycles. The molecule has 3 heterocycles. The van der Waals surface area contributed by atoms with Gasteiger partial charge in [0.1, 0.15) is 16.6 Å². The van der Waals surface area contributed by atoms with Gasteiger partial charge in [-0.3, -0.25) is 28.5 Å². The average Bonchev–Trinajstić information content (AvgIpc) is 3.22. The van der Waals surface area contributed by atoms with E-state index in [1.807, 2.05) is 0 Å². The Hall–Kier alpha value is -3.08. The number of rotatable bonds is 5. The van der Waals surface area contributed by atoms with Gasteiger partial charge in [0.2, 0.25) is 15.5 Å². The third-order valence-corrected chi connectivity index (χ3v) is 8.26. The number of hydrogen-bond acceptors (Lipinski definition) is 7. The standard InChI is InChI=1S/C22H28N5O6PS/c1-22(2,3)10-12-27-21(29)18(19(28)16-7-6-11-26(16)27)20-23-15-9-8-14(25-35(5,31)32)13-17(15)34(30,24-20)33-4/h6-9,11,13,23,25H,10,12H2,1-5H3,(H,24,30). The minimum absolute atomic E-state index is 0.0327. The molecule has 13 heteroatoms. The minimum atomic E-state index is -3.82. The minimum Gasteiger partial charge on any atom is -0.340 e. The van der Waals surface area contributed by atoms with Gasteiger partial charge in [-0.2, -0.15) is 0 Å². The highest BCUT2D eigenvalue weighted by molar-refractivity contribution is 7.92. The summed E-state index contributed by atoms with van der Waals surface area (Å²) in [7, 11) is -6.15. The second-order valence-electron chi connectivity index (χ2n) is 9.63. The van der Waals surface area contributed by atoms with Crippen LogP contribution in [-0.2, 0) is 25.7 Å². The van der Waals surface area contributed by atoms with Crippen LogP contribution >= 0.6 is 7.52 Å². The van der Waals surface area contributed by atoms with Gasteiger partial charge in [-0.05, 0) is 42.2 Å². The first-order valence-corrected chi connectivity index (χ1v) is 14.4. The monoisotopic (exact) mass is 521 g/mol. The highest BCUT2D eigenvalue weighted by Gasteiger charge is 2.35. The topological polar surface area (TPSA) is 140 Å². The zero-order chi connectivity index (χ0) is 25.8. The van der Waals surface area contributed by atoms with Crippen molar-refractivity contribution in [2.45, 2.75) is 33.7 Å². The number of aryl methyl sites for hydroxylation is 1. The average molecular weight is 522 g/mol. The van der Waals surface area contributed by atoms with Crippen LogP contribution in [0.1, 0.15) is 27.2 Å². The molecule has 0 bridgehead atoms. The number of nitrogens with one attached hydrogen (secondary N) is 3. The van der Waals surface area contributed by atoms with Crippen LogP contribution in [0, 0.1) is 5.41 Å². The molecular weight excluding hydrogens is 493 g/mol. The van der Waals surface area contributed by atoms with Crippen LogP contribution in [-0.4, -0.2) is 31.0 Å². The van der Waals surface area contributed by atoms with Crippen LogP contribution in [0.3, 0.4) is 0 Å². The molecule has 188 valence electrons. The third-order valence-electron chi connectivity index (χ3n) is 5.61. The molecule has 0 fully saturated rings. The quantitative estimate of drug-likeness (QED) is 0.426. The van der Waals surface area contributed by atoms with Gasteiger partial charge in [0, 0.05) is 25.5 Å². The van der Waals surface area contributed by atoms with Crippen LogP contribution in [0.5, 0.6) is 0 Å². The molecule has 1 atom stereocenters. The SMILES string of the molecule is COP1(=O)NC(=c2c(=O)c3cccn3n(CCC(C)(C)C)c2=O)Nc2ccc(NS(C)(=O)=O)cc21. The summed E-state index contributed by atoms with van der Waals surface area (Å²) in [6.07, 6.45) is 3.34. The summed E-state index contributed by atoms with van der Waals surface area (Å²) in [5, 5.41) is 5.68. The number of fused-ring (bicyclic) bond motifs is 2. The van der Waals surface area contributed by atoms with E-state index in [0.717, 1.165) is 6.26 Å². The molecule has 11 nitrogen and oxygen atoms in total. The zero-order valence-electron chi connectivity index (χ0n) is 20.1. The highest BCUT2D eigenvalue weighted by Crippen LogP contribution is 2.47. The second kappa shape index (κ2) is 8.54.